The Kier molecular flexibility index (Phi) is 7.79. The number of ether oxygens (including phenoxy) is 1. The van der Waals surface area contributed by atoms with E-state index in [1.165, 1.54) is 18.2 Å². The number of aromatic nitrogens is 1. The molecule has 0 amide bonds. The first-order chi connectivity index (χ1) is 15.7. The number of pyridine rings is 1. The molecular formula is C26H28FNO5. The number of rotatable bonds is 9. The van der Waals surface area contributed by atoms with E-state index in [1.54, 1.807) is 25.3 Å². The maximum Gasteiger partial charge on any atom is 0.305 e. The van der Waals surface area contributed by atoms with Crippen molar-refractivity contribution in [1.82, 2.24) is 4.98 Å². The summed E-state index contributed by atoms with van der Waals surface area (Å²) in [5.74, 6) is -0.785. The standard InChI is InChI=1S/C26H28FNO5/c1-15(2)26-21(10-8-18(29)12-19(30)13-24(31)32)25(16-4-6-17(27)7-5-16)22-14-20(33-3)9-11-23(22)28-26/h4-11,14-15,18-19,29-30H,12-13H2,1-3H3,(H,31,32). The average molecular weight is 454 g/mol. The molecule has 1 aromatic heterocycles. The number of benzene rings is 2. The fourth-order valence-electron chi connectivity index (χ4n) is 3.79. The van der Waals surface area contributed by atoms with Crippen molar-refractivity contribution in [3.63, 3.8) is 0 Å². The third-order valence-electron chi connectivity index (χ3n) is 5.35. The molecule has 2 aromatic carbocycles. The number of hydrogen-bond donors (Lipinski definition) is 3. The number of aliphatic hydroxyl groups excluding tert-OH is 2. The number of carbonyl (C=O) groups is 1. The van der Waals surface area contributed by atoms with Crippen LogP contribution in [0.4, 0.5) is 4.39 Å². The Morgan fingerprint density at radius 2 is 1.85 bits per heavy atom. The van der Waals surface area contributed by atoms with Crippen molar-refractivity contribution in [3.05, 3.63) is 65.6 Å². The van der Waals surface area contributed by atoms with Crippen LogP contribution in [0, 0.1) is 5.82 Å². The second kappa shape index (κ2) is 10.6. The fraction of sp³-hybridized carbons (Fsp3) is 0.308. The number of carboxylic acid groups (broad SMARTS) is 1. The highest BCUT2D eigenvalue weighted by Crippen LogP contribution is 2.38. The molecule has 3 rings (SSSR count). The van der Waals surface area contributed by atoms with Gasteiger partial charge in [0.15, 0.2) is 0 Å². The van der Waals surface area contributed by atoms with Crippen LogP contribution in [0.15, 0.2) is 48.5 Å². The second-order valence-electron chi connectivity index (χ2n) is 8.24. The van der Waals surface area contributed by atoms with Crippen molar-refractivity contribution in [3.8, 4) is 16.9 Å². The van der Waals surface area contributed by atoms with Crippen molar-refractivity contribution < 1.29 is 29.2 Å². The predicted octanol–water partition coefficient (Wildman–Crippen LogP) is 4.77. The summed E-state index contributed by atoms with van der Waals surface area (Å²) >= 11 is 0. The number of fused-ring (bicyclic) bond motifs is 1. The maximum atomic E-state index is 13.7. The highest BCUT2D eigenvalue weighted by Gasteiger charge is 2.19. The van der Waals surface area contributed by atoms with Crippen molar-refractivity contribution in [1.29, 1.82) is 0 Å². The van der Waals surface area contributed by atoms with Gasteiger partial charge in [-0.15, -0.1) is 0 Å². The maximum absolute atomic E-state index is 13.7. The number of nitrogens with zero attached hydrogens (tertiary/aromatic N) is 1. The summed E-state index contributed by atoms with van der Waals surface area (Å²) in [5, 5.41) is 29.9. The summed E-state index contributed by atoms with van der Waals surface area (Å²) in [4.78, 5) is 15.6. The highest BCUT2D eigenvalue weighted by molar-refractivity contribution is 6.00. The number of aliphatic carboxylic acids is 1. The lowest BCUT2D eigenvalue weighted by molar-refractivity contribution is -0.139. The van der Waals surface area contributed by atoms with Gasteiger partial charge in [-0.05, 0) is 41.8 Å². The highest BCUT2D eigenvalue weighted by atomic mass is 19.1. The number of hydrogen-bond acceptors (Lipinski definition) is 5. The van der Waals surface area contributed by atoms with E-state index in [-0.39, 0.29) is 18.2 Å². The Bertz CT molecular complexity index is 1160. The molecule has 0 fully saturated rings. The molecule has 0 aliphatic carbocycles. The first-order valence-corrected chi connectivity index (χ1v) is 10.7. The van der Waals surface area contributed by atoms with Crippen LogP contribution < -0.4 is 4.74 Å². The third-order valence-corrected chi connectivity index (χ3v) is 5.35. The summed E-state index contributed by atoms with van der Waals surface area (Å²) in [5.41, 5.74) is 3.90. The fourth-order valence-corrected chi connectivity index (χ4v) is 3.79. The van der Waals surface area contributed by atoms with Gasteiger partial charge in [-0.3, -0.25) is 9.78 Å². The molecule has 3 aromatic rings. The molecule has 0 radical (unpaired) electrons. The van der Waals surface area contributed by atoms with Crippen molar-refractivity contribution in [2.24, 2.45) is 0 Å². The lowest BCUT2D eigenvalue weighted by Crippen LogP contribution is -2.19. The lowest BCUT2D eigenvalue weighted by Gasteiger charge is -2.19. The molecule has 174 valence electrons. The van der Waals surface area contributed by atoms with Gasteiger partial charge in [-0.2, -0.15) is 0 Å². The first kappa shape index (κ1) is 24.4. The summed E-state index contributed by atoms with van der Waals surface area (Å²) in [7, 11) is 1.58. The predicted molar refractivity (Wildman–Crippen MR) is 126 cm³/mol. The Morgan fingerprint density at radius 3 is 2.45 bits per heavy atom. The van der Waals surface area contributed by atoms with E-state index in [9.17, 15) is 19.4 Å². The third kappa shape index (κ3) is 5.94. The molecule has 0 bridgehead atoms. The molecule has 33 heavy (non-hydrogen) atoms. The van der Waals surface area contributed by atoms with E-state index < -0.39 is 24.6 Å². The van der Waals surface area contributed by atoms with Gasteiger partial charge in [0.25, 0.3) is 0 Å². The summed E-state index contributed by atoms with van der Waals surface area (Å²) in [6.07, 6.45) is 0.482. The van der Waals surface area contributed by atoms with E-state index in [0.29, 0.717) is 5.75 Å². The Hall–Kier alpha value is -3.29. The Balaban J connectivity index is 2.18. The number of methoxy groups -OCH3 is 1. The monoisotopic (exact) mass is 453 g/mol. The molecule has 6 nitrogen and oxygen atoms in total. The van der Waals surface area contributed by atoms with Gasteiger partial charge < -0.3 is 20.1 Å². The van der Waals surface area contributed by atoms with E-state index in [4.69, 9.17) is 14.8 Å². The molecule has 2 unspecified atom stereocenters. The smallest absolute Gasteiger partial charge is 0.305 e. The molecule has 1 heterocycles. The van der Waals surface area contributed by atoms with Crippen LogP contribution >= 0.6 is 0 Å². The van der Waals surface area contributed by atoms with Gasteiger partial charge >= 0.3 is 5.97 Å². The number of halogens is 1. The van der Waals surface area contributed by atoms with Gasteiger partial charge in [0.2, 0.25) is 0 Å². The Labute approximate surface area is 192 Å². The quantitative estimate of drug-likeness (QED) is 0.431. The Morgan fingerprint density at radius 1 is 1.15 bits per heavy atom. The minimum Gasteiger partial charge on any atom is -0.497 e. The zero-order chi connectivity index (χ0) is 24.1. The number of aliphatic hydroxyl groups is 2. The second-order valence-corrected chi connectivity index (χ2v) is 8.24. The molecule has 0 aliphatic rings. The van der Waals surface area contributed by atoms with Crippen LogP contribution in [-0.4, -0.2) is 45.6 Å². The topological polar surface area (TPSA) is 99.9 Å². The van der Waals surface area contributed by atoms with Gasteiger partial charge in [-0.25, -0.2) is 4.39 Å². The van der Waals surface area contributed by atoms with E-state index >= 15 is 0 Å². The lowest BCUT2D eigenvalue weighted by atomic mass is 9.90. The summed E-state index contributed by atoms with van der Waals surface area (Å²) < 4.78 is 19.1. The van der Waals surface area contributed by atoms with Gasteiger partial charge in [0.1, 0.15) is 11.6 Å². The van der Waals surface area contributed by atoms with Gasteiger partial charge in [0.05, 0.1) is 36.9 Å². The SMILES string of the molecule is COc1ccc2nc(C(C)C)c(C=CC(O)CC(O)CC(=O)O)c(-c3ccc(F)cc3)c2c1. The van der Waals surface area contributed by atoms with Gasteiger partial charge in [-0.1, -0.05) is 38.1 Å². The molecule has 7 heteroatoms. The zero-order valence-corrected chi connectivity index (χ0v) is 18.8. The molecule has 3 N–H and O–H groups in total. The van der Waals surface area contributed by atoms with Crippen LogP contribution in [0.1, 0.15) is 43.9 Å². The van der Waals surface area contributed by atoms with Crippen molar-refractivity contribution >= 4 is 22.9 Å². The zero-order valence-electron chi connectivity index (χ0n) is 18.8. The van der Waals surface area contributed by atoms with Crippen LogP contribution in [0.3, 0.4) is 0 Å². The largest absolute Gasteiger partial charge is 0.497 e. The van der Waals surface area contributed by atoms with E-state index in [2.05, 4.69) is 0 Å². The van der Waals surface area contributed by atoms with Crippen molar-refractivity contribution in [2.75, 3.05) is 7.11 Å². The molecule has 0 aliphatic heterocycles. The van der Waals surface area contributed by atoms with Crippen LogP contribution in [0.25, 0.3) is 28.1 Å². The number of carboxylic acids is 1. The minimum atomic E-state index is -1.16. The first-order valence-electron chi connectivity index (χ1n) is 10.7. The van der Waals surface area contributed by atoms with Gasteiger partial charge in [0, 0.05) is 22.9 Å². The van der Waals surface area contributed by atoms with E-state index in [0.717, 1.165) is 33.3 Å². The molecule has 0 saturated heterocycles. The normalized spacial score (nSPS) is 13.5. The average Bonchev–Trinajstić information content (AvgIpc) is 2.76. The van der Waals surface area contributed by atoms with Crippen LogP contribution in [-0.2, 0) is 4.79 Å². The molecular weight excluding hydrogens is 425 g/mol. The van der Waals surface area contributed by atoms with Crippen LogP contribution in [0.2, 0.25) is 0 Å². The summed E-state index contributed by atoms with van der Waals surface area (Å²) in [6.45, 7) is 4.02. The van der Waals surface area contributed by atoms with Crippen molar-refractivity contribution in [2.45, 2.75) is 44.8 Å². The van der Waals surface area contributed by atoms with E-state index in [1.807, 2.05) is 32.0 Å². The van der Waals surface area contributed by atoms with Crippen LogP contribution in [0.5, 0.6) is 5.75 Å². The molecule has 2 atom stereocenters. The molecule has 0 saturated carbocycles. The summed E-state index contributed by atoms with van der Waals surface area (Å²) in [6, 6.07) is 11.7. The molecule has 0 spiro atoms. The minimum absolute atomic E-state index is 0.0464.